The number of hydrogen-bond donors (Lipinski definition) is 5. The fourth-order valence-corrected chi connectivity index (χ4v) is 9.30. The van der Waals surface area contributed by atoms with Gasteiger partial charge in [-0.25, -0.2) is 0 Å². The molecule has 4 rings (SSSR count). The largest absolute Gasteiger partial charge is 0.396 e. The Kier molecular flexibility index (Phi) is 7.36. The number of aliphatic hydroxyl groups excluding tert-OH is 5. The lowest BCUT2D eigenvalue weighted by molar-refractivity contribution is -0.207. The molecule has 0 aromatic rings. The van der Waals surface area contributed by atoms with Gasteiger partial charge in [0.05, 0.1) is 18.3 Å². The molecule has 0 heterocycles. The molecule has 32 heavy (non-hydrogen) atoms. The van der Waals surface area contributed by atoms with E-state index >= 15 is 0 Å². The molecule has 5 heteroatoms. The number of aliphatic hydroxyl groups is 5. The average Bonchev–Trinajstić information content (AvgIpc) is 3.12. The molecule has 0 aliphatic heterocycles. The molecule has 4 aliphatic carbocycles. The summed E-state index contributed by atoms with van der Waals surface area (Å²) in [4.78, 5) is 0. The van der Waals surface area contributed by atoms with Gasteiger partial charge in [0.25, 0.3) is 0 Å². The van der Waals surface area contributed by atoms with Gasteiger partial charge in [0.2, 0.25) is 0 Å². The third-order valence-corrected chi connectivity index (χ3v) is 11.3. The Balaban J connectivity index is 1.50. The van der Waals surface area contributed by atoms with Crippen molar-refractivity contribution in [1.29, 1.82) is 0 Å². The average molecular weight is 453 g/mol. The van der Waals surface area contributed by atoms with E-state index in [0.29, 0.717) is 29.6 Å². The van der Waals surface area contributed by atoms with E-state index in [1.165, 1.54) is 0 Å². The molecule has 0 saturated heterocycles. The van der Waals surface area contributed by atoms with Crippen LogP contribution in [-0.2, 0) is 0 Å². The summed E-state index contributed by atoms with van der Waals surface area (Å²) < 4.78 is 0. The van der Waals surface area contributed by atoms with Gasteiger partial charge < -0.3 is 25.5 Å². The first-order chi connectivity index (χ1) is 15.2. The molecule has 0 aromatic carbocycles. The van der Waals surface area contributed by atoms with Gasteiger partial charge in [0.15, 0.2) is 0 Å². The maximum atomic E-state index is 11.6. The molecule has 5 N–H and O–H groups in total. The van der Waals surface area contributed by atoms with Crippen LogP contribution in [-0.4, -0.2) is 57.1 Å². The first kappa shape index (κ1) is 24.9. The van der Waals surface area contributed by atoms with E-state index in [2.05, 4.69) is 20.8 Å². The molecule has 4 aliphatic rings. The van der Waals surface area contributed by atoms with Crippen molar-refractivity contribution in [2.45, 2.75) is 103 Å². The Morgan fingerprint density at radius 3 is 2.28 bits per heavy atom. The summed E-state index contributed by atoms with van der Waals surface area (Å²) in [5, 5.41) is 52.0. The topological polar surface area (TPSA) is 101 Å². The van der Waals surface area contributed by atoms with E-state index in [1.807, 2.05) is 0 Å². The van der Waals surface area contributed by atoms with Crippen LogP contribution < -0.4 is 0 Å². The van der Waals surface area contributed by atoms with Gasteiger partial charge in [-0.2, -0.15) is 0 Å². The van der Waals surface area contributed by atoms with Crippen LogP contribution in [0.15, 0.2) is 0 Å². The zero-order valence-electron chi connectivity index (χ0n) is 20.5. The highest BCUT2D eigenvalue weighted by Gasteiger charge is 2.65. The van der Waals surface area contributed by atoms with Crippen LogP contribution in [0.2, 0.25) is 0 Å². The minimum atomic E-state index is -0.332. The summed E-state index contributed by atoms with van der Waals surface area (Å²) in [5.74, 6) is 2.27. The zero-order valence-corrected chi connectivity index (χ0v) is 20.5. The van der Waals surface area contributed by atoms with Crippen LogP contribution in [0.3, 0.4) is 0 Å². The van der Waals surface area contributed by atoms with Gasteiger partial charge in [0, 0.05) is 19.1 Å². The summed E-state index contributed by atoms with van der Waals surface area (Å²) in [6, 6.07) is 0. The van der Waals surface area contributed by atoms with Gasteiger partial charge >= 0.3 is 0 Å². The van der Waals surface area contributed by atoms with Gasteiger partial charge in [-0.05, 0) is 97.7 Å². The Hall–Kier alpha value is -0.200. The molecule has 7 unspecified atom stereocenters. The Bertz CT molecular complexity index is 638. The molecule has 5 nitrogen and oxygen atoms in total. The Labute approximate surface area is 194 Å². The maximum absolute atomic E-state index is 11.6. The monoisotopic (exact) mass is 452 g/mol. The van der Waals surface area contributed by atoms with Crippen molar-refractivity contribution in [2.24, 2.45) is 52.3 Å². The minimum Gasteiger partial charge on any atom is -0.396 e. The Morgan fingerprint density at radius 2 is 1.59 bits per heavy atom. The van der Waals surface area contributed by atoms with E-state index in [1.54, 1.807) is 0 Å². The number of rotatable bonds is 7. The molecule has 4 fully saturated rings. The van der Waals surface area contributed by atoms with E-state index in [0.717, 1.165) is 64.2 Å². The first-order valence-corrected chi connectivity index (χ1v) is 13.4. The highest BCUT2D eigenvalue weighted by atomic mass is 16.3. The van der Waals surface area contributed by atoms with Crippen LogP contribution in [0.1, 0.15) is 85.0 Å². The van der Waals surface area contributed by atoms with Gasteiger partial charge in [-0.3, -0.25) is 0 Å². The minimum absolute atomic E-state index is 0.0183. The van der Waals surface area contributed by atoms with E-state index in [9.17, 15) is 25.5 Å². The van der Waals surface area contributed by atoms with Gasteiger partial charge in [0.1, 0.15) is 0 Å². The molecule has 186 valence electrons. The molecule has 11 atom stereocenters. The first-order valence-electron chi connectivity index (χ1n) is 13.4. The molecule has 0 spiro atoms. The van der Waals surface area contributed by atoms with E-state index < -0.39 is 0 Å². The summed E-state index contributed by atoms with van der Waals surface area (Å²) in [6.07, 6.45) is 8.51. The lowest BCUT2D eigenvalue weighted by Gasteiger charge is -2.63. The van der Waals surface area contributed by atoms with Crippen molar-refractivity contribution >= 4 is 0 Å². The Morgan fingerprint density at radius 1 is 0.875 bits per heavy atom. The molecule has 0 aromatic heterocycles. The van der Waals surface area contributed by atoms with E-state index in [-0.39, 0.29) is 54.2 Å². The van der Waals surface area contributed by atoms with Crippen LogP contribution in [0.4, 0.5) is 0 Å². The lowest BCUT2D eigenvalue weighted by Crippen LogP contribution is -2.62. The van der Waals surface area contributed by atoms with Crippen molar-refractivity contribution in [3.05, 3.63) is 0 Å². The molecule has 0 bridgehead atoms. The molecule has 0 radical (unpaired) electrons. The SMILES string of the molecule is CC(CCCC(CO)CO)C1CCC2C3C(C[C@H](O)C12C)C1(C)CC[C@@H](O)C[C@H]1C[C@H]3O. The van der Waals surface area contributed by atoms with Crippen LogP contribution >= 0.6 is 0 Å². The van der Waals surface area contributed by atoms with Crippen molar-refractivity contribution < 1.29 is 25.5 Å². The smallest absolute Gasteiger partial charge is 0.0602 e. The maximum Gasteiger partial charge on any atom is 0.0602 e. The van der Waals surface area contributed by atoms with E-state index in [4.69, 9.17) is 0 Å². The molecule has 4 saturated carbocycles. The van der Waals surface area contributed by atoms with Crippen molar-refractivity contribution in [3.63, 3.8) is 0 Å². The molecular formula is C27H48O5. The summed E-state index contributed by atoms with van der Waals surface area (Å²) >= 11 is 0. The van der Waals surface area contributed by atoms with Crippen molar-refractivity contribution in [3.8, 4) is 0 Å². The third-order valence-electron chi connectivity index (χ3n) is 11.3. The fraction of sp³-hybridized carbons (Fsp3) is 1.00. The van der Waals surface area contributed by atoms with Crippen LogP contribution in [0, 0.1) is 52.3 Å². The number of hydrogen-bond acceptors (Lipinski definition) is 5. The summed E-state index contributed by atoms with van der Waals surface area (Å²) in [5.41, 5.74) is -0.0228. The highest BCUT2D eigenvalue weighted by Crippen LogP contribution is 2.68. The molecular weight excluding hydrogens is 404 g/mol. The standard InChI is InChI=1S/C27H48O5/c1-16(5-4-6-17(14-28)15-29)20-7-8-21-25-22(13-24(32)27(20,21)3)26(2)10-9-19(30)11-18(26)12-23(25)31/h16-25,28-32H,4-15H2,1-3H3/t16?,18-,19+,20?,21?,22?,23+,24-,25?,26?,27?/m0/s1. The lowest BCUT2D eigenvalue weighted by atomic mass is 9.43. The molecule has 0 amide bonds. The highest BCUT2D eigenvalue weighted by molar-refractivity contribution is 5.14. The summed E-state index contributed by atoms with van der Waals surface area (Å²) in [7, 11) is 0. The van der Waals surface area contributed by atoms with Crippen molar-refractivity contribution in [1.82, 2.24) is 0 Å². The predicted octanol–water partition coefficient (Wildman–Crippen LogP) is 3.36. The van der Waals surface area contributed by atoms with Crippen LogP contribution in [0.5, 0.6) is 0 Å². The number of fused-ring (bicyclic) bond motifs is 5. The normalized spacial score (nSPS) is 49.4. The quantitative estimate of drug-likeness (QED) is 0.408. The summed E-state index contributed by atoms with van der Waals surface area (Å²) in [6.45, 7) is 7.11. The second-order valence-electron chi connectivity index (χ2n) is 12.7. The second kappa shape index (κ2) is 9.45. The van der Waals surface area contributed by atoms with Gasteiger partial charge in [-0.1, -0.05) is 33.6 Å². The van der Waals surface area contributed by atoms with Gasteiger partial charge in [-0.15, -0.1) is 0 Å². The second-order valence-corrected chi connectivity index (χ2v) is 12.7. The van der Waals surface area contributed by atoms with Crippen LogP contribution in [0.25, 0.3) is 0 Å². The predicted molar refractivity (Wildman–Crippen MR) is 125 cm³/mol. The fourth-order valence-electron chi connectivity index (χ4n) is 9.30. The third kappa shape index (κ3) is 3.98. The van der Waals surface area contributed by atoms with Crippen molar-refractivity contribution in [2.75, 3.05) is 13.2 Å². The zero-order chi connectivity index (χ0) is 23.3.